The van der Waals surface area contributed by atoms with E-state index < -0.39 is 5.97 Å². The van der Waals surface area contributed by atoms with Crippen LogP contribution in [0, 0.1) is 13.8 Å². The van der Waals surface area contributed by atoms with Crippen LogP contribution in [0.3, 0.4) is 0 Å². The average molecular weight is 311 g/mol. The Morgan fingerprint density at radius 1 is 1.29 bits per heavy atom. The number of carbonyl (C=O) groups excluding carboxylic acids is 1. The summed E-state index contributed by atoms with van der Waals surface area (Å²) in [4.78, 5) is 33.6. The fraction of sp³-hybridized carbons (Fsp3) is 0.571. The zero-order valence-corrected chi connectivity index (χ0v) is 13.8. The van der Waals surface area contributed by atoms with Gasteiger partial charge in [-0.3, -0.25) is 9.59 Å². The van der Waals surface area contributed by atoms with Crippen molar-refractivity contribution in [2.24, 2.45) is 0 Å². The molecule has 0 aliphatic rings. The molecule has 21 heavy (non-hydrogen) atoms. The minimum Gasteiger partial charge on any atom is -0.481 e. The highest BCUT2D eigenvalue weighted by Gasteiger charge is 2.25. The van der Waals surface area contributed by atoms with Gasteiger partial charge in [0.05, 0.1) is 17.7 Å². The van der Waals surface area contributed by atoms with Crippen LogP contribution in [0.2, 0.25) is 0 Å². The Balaban J connectivity index is 3.17. The van der Waals surface area contributed by atoms with Crippen molar-refractivity contribution in [2.45, 2.75) is 45.2 Å². The van der Waals surface area contributed by atoms with E-state index in [0.29, 0.717) is 22.1 Å². The van der Waals surface area contributed by atoms with Crippen molar-refractivity contribution >= 4 is 23.6 Å². The second kappa shape index (κ2) is 7.40. The number of aromatic nitrogens is 2. The third kappa shape index (κ3) is 4.42. The van der Waals surface area contributed by atoms with Crippen LogP contribution in [-0.4, -0.2) is 50.7 Å². The summed E-state index contributed by atoms with van der Waals surface area (Å²) in [6.07, 6.45) is 1.78. The topological polar surface area (TPSA) is 83.4 Å². The predicted octanol–water partition coefficient (Wildman–Crippen LogP) is 2.14. The second-order valence-electron chi connectivity index (χ2n) is 4.98. The lowest BCUT2D eigenvalue weighted by molar-refractivity contribution is -0.137. The Kier molecular flexibility index (Phi) is 6.14. The van der Waals surface area contributed by atoms with E-state index in [0.717, 1.165) is 0 Å². The third-order valence-electron chi connectivity index (χ3n) is 3.03. The molecular weight excluding hydrogens is 290 g/mol. The Labute approximate surface area is 129 Å². The summed E-state index contributed by atoms with van der Waals surface area (Å²) in [5, 5.41) is 9.45. The number of carboxylic acid groups (broad SMARTS) is 1. The number of aliphatic carboxylic acids is 1. The van der Waals surface area contributed by atoms with E-state index in [1.54, 1.807) is 18.7 Å². The van der Waals surface area contributed by atoms with Crippen molar-refractivity contribution in [1.29, 1.82) is 0 Å². The van der Waals surface area contributed by atoms with Crippen molar-refractivity contribution in [3.05, 3.63) is 17.1 Å². The lowest BCUT2D eigenvalue weighted by atomic mass is 10.1. The standard InChI is InChI=1S/C14H21N3O3S/c1-8(2)17(7-6-11(18)19)14(20)12-9(3)15-10(4)16-13(12)21-5/h8H,6-7H2,1-5H3,(H,18,19). The summed E-state index contributed by atoms with van der Waals surface area (Å²) in [5.41, 5.74) is 1.09. The molecule has 1 aromatic rings. The molecule has 0 bridgehead atoms. The van der Waals surface area contributed by atoms with Crippen molar-refractivity contribution in [2.75, 3.05) is 12.8 Å². The number of hydrogen-bond donors (Lipinski definition) is 1. The fourth-order valence-electron chi connectivity index (χ4n) is 2.03. The van der Waals surface area contributed by atoms with Crippen LogP contribution in [0.15, 0.2) is 5.03 Å². The number of carbonyl (C=O) groups is 2. The van der Waals surface area contributed by atoms with Crippen LogP contribution < -0.4 is 0 Å². The SMILES string of the molecule is CSc1nc(C)nc(C)c1C(=O)N(CCC(=O)O)C(C)C. The summed E-state index contributed by atoms with van der Waals surface area (Å²) < 4.78 is 0. The number of rotatable bonds is 6. The van der Waals surface area contributed by atoms with Crippen molar-refractivity contribution in [1.82, 2.24) is 14.9 Å². The van der Waals surface area contributed by atoms with E-state index in [1.165, 1.54) is 11.8 Å². The van der Waals surface area contributed by atoms with Crippen LogP contribution in [0.25, 0.3) is 0 Å². The Hall–Kier alpha value is -1.63. The minimum atomic E-state index is -0.921. The molecule has 0 spiro atoms. The van der Waals surface area contributed by atoms with Crippen LogP contribution in [-0.2, 0) is 4.79 Å². The van der Waals surface area contributed by atoms with E-state index in [9.17, 15) is 9.59 Å². The predicted molar refractivity (Wildman–Crippen MR) is 81.7 cm³/mol. The summed E-state index contributed by atoms with van der Waals surface area (Å²) >= 11 is 1.39. The lowest BCUT2D eigenvalue weighted by Crippen LogP contribution is -2.39. The molecule has 6 nitrogen and oxygen atoms in total. The molecule has 0 unspecified atom stereocenters. The first-order chi connectivity index (χ1) is 9.77. The summed E-state index contributed by atoms with van der Waals surface area (Å²) in [7, 11) is 0. The highest BCUT2D eigenvalue weighted by Crippen LogP contribution is 2.23. The zero-order chi connectivity index (χ0) is 16.2. The molecule has 0 fully saturated rings. The van der Waals surface area contributed by atoms with Crippen LogP contribution >= 0.6 is 11.8 Å². The van der Waals surface area contributed by atoms with Gasteiger partial charge in [0.2, 0.25) is 0 Å². The van der Waals surface area contributed by atoms with Crippen LogP contribution in [0.4, 0.5) is 0 Å². The fourth-order valence-corrected chi connectivity index (χ4v) is 2.69. The van der Waals surface area contributed by atoms with Gasteiger partial charge in [0.15, 0.2) is 0 Å². The molecule has 0 aromatic carbocycles. The first kappa shape index (κ1) is 17.4. The normalized spacial score (nSPS) is 10.8. The van der Waals surface area contributed by atoms with Gasteiger partial charge in [-0.1, -0.05) is 0 Å². The molecule has 7 heteroatoms. The van der Waals surface area contributed by atoms with E-state index in [1.807, 2.05) is 20.1 Å². The van der Waals surface area contributed by atoms with Gasteiger partial charge in [-0.2, -0.15) is 0 Å². The van der Waals surface area contributed by atoms with Gasteiger partial charge in [0.1, 0.15) is 10.9 Å². The number of thioether (sulfide) groups is 1. The molecule has 0 aliphatic carbocycles. The molecule has 1 heterocycles. The van der Waals surface area contributed by atoms with E-state index in [4.69, 9.17) is 5.11 Å². The maximum Gasteiger partial charge on any atom is 0.305 e. The first-order valence-corrected chi connectivity index (χ1v) is 7.92. The Morgan fingerprint density at radius 3 is 2.38 bits per heavy atom. The molecule has 0 saturated carbocycles. The number of nitrogens with zero attached hydrogens (tertiary/aromatic N) is 3. The third-order valence-corrected chi connectivity index (χ3v) is 3.71. The van der Waals surface area contributed by atoms with Gasteiger partial charge in [-0.15, -0.1) is 11.8 Å². The van der Waals surface area contributed by atoms with Crippen molar-refractivity contribution in [3.63, 3.8) is 0 Å². The van der Waals surface area contributed by atoms with Crippen molar-refractivity contribution < 1.29 is 14.7 Å². The van der Waals surface area contributed by atoms with E-state index in [2.05, 4.69) is 9.97 Å². The van der Waals surface area contributed by atoms with Gasteiger partial charge in [0, 0.05) is 12.6 Å². The molecule has 116 valence electrons. The number of carboxylic acids is 1. The first-order valence-electron chi connectivity index (χ1n) is 6.69. The quantitative estimate of drug-likeness (QED) is 0.640. The Bertz CT molecular complexity index is 547. The van der Waals surface area contributed by atoms with Gasteiger partial charge in [-0.05, 0) is 34.0 Å². The maximum atomic E-state index is 12.8. The number of aryl methyl sites for hydroxylation is 2. The number of amides is 1. The molecule has 1 N–H and O–H groups in total. The minimum absolute atomic E-state index is 0.0791. The molecule has 1 amide bonds. The highest BCUT2D eigenvalue weighted by atomic mass is 32.2. The van der Waals surface area contributed by atoms with E-state index in [-0.39, 0.29) is 24.9 Å². The summed E-state index contributed by atoms with van der Waals surface area (Å²) in [6, 6.07) is -0.0905. The molecule has 0 aliphatic heterocycles. The average Bonchev–Trinajstić information content (AvgIpc) is 2.36. The molecule has 1 rings (SSSR count). The van der Waals surface area contributed by atoms with Crippen molar-refractivity contribution in [3.8, 4) is 0 Å². The Morgan fingerprint density at radius 2 is 1.90 bits per heavy atom. The number of hydrogen-bond acceptors (Lipinski definition) is 5. The monoisotopic (exact) mass is 311 g/mol. The molecular formula is C14H21N3O3S. The largest absolute Gasteiger partial charge is 0.481 e. The van der Waals surface area contributed by atoms with Crippen LogP contribution in [0.5, 0.6) is 0 Å². The van der Waals surface area contributed by atoms with Gasteiger partial charge < -0.3 is 10.0 Å². The second-order valence-corrected chi connectivity index (χ2v) is 5.77. The molecule has 1 aromatic heterocycles. The van der Waals surface area contributed by atoms with E-state index >= 15 is 0 Å². The molecule has 0 atom stereocenters. The van der Waals surface area contributed by atoms with Gasteiger partial charge >= 0.3 is 5.97 Å². The smallest absolute Gasteiger partial charge is 0.305 e. The highest BCUT2D eigenvalue weighted by molar-refractivity contribution is 7.98. The maximum absolute atomic E-state index is 12.8. The summed E-state index contributed by atoms with van der Waals surface area (Å²) in [5.74, 6) is -0.515. The van der Waals surface area contributed by atoms with Gasteiger partial charge in [0.25, 0.3) is 5.91 Å². The summed E-state index contributed by atoms with van der Waals surface area (Å²) in [6.45, 7) is 7.46. The lowest BCUT2D eigenvalue weighted by Gasteiger charge is -2.27. The molecule has 0 saturated heterocycles. The van der Waals surface area contributed by atoms with Crippen LogP contribution in [0.1, 0.15) is 42.1 Å². The molecule has 0 radical (unpaired) electrons. The zero-order valence-electron chi connectivity index (χ0n) is 13.0. The van der Waals surface area contributed by atoms with Gasteiger partial charge in [-0.25, -0.2) is 9.97 Å².